The number of halogens is 1. The van der Waals surface area contributed by atoms with Gasteiger partial charge in [-0.2, -0.15) is 0 Å². The van der Waals surface area contributed by atoms with Crippen LogP contribution in [-0.4, -0.2) is 43.9 Å². The second-order valence-electron chi connectivity index (χ2n) is 8.32. The predicted molar refractivity (Wildman–Crippen MR) is 120 cm³/mol. The van der Waals surface area contributed by atoms with Crippen LogP contribution in [0.1, 0.15) is 35.8 Å². The number of hydrogen-bond donors (Lipinski definition) is 1. The van der Waals surface area contributed by atoms with Gasteiger partial charge < -0.3 is 19.6 Å². The number of imidazole rings is 1. The van der Waals surface area contributed by atoms with Gasteiger partial charge in [-0.15, -0.1) is 0 Å². The zero-order valence-corrected chi connectivity index (χ0v) is 17.8. The number of fused-ring (bicyclic) bond motifs is 2. The molecule has 31 heavy (non-hydrogen) atoms. The van der Waals surface area contributed by atoms with Crippen molar-refractivity contribution < 1.29 is 9.18 Å². The number of piperidine rings is 1. The summed E-state index contributed by atoms with van der Waals surface area (Å²) in [6.45, 7) is 6.09. The summed E-state index contributed by atoms with van der Waals surface area (Å²) in [5, 5.41) is 0.979. The molecule has 2 N–H and O–H groups in total. The van der Waals surface area contributed by atoms with Crippen LogP contribution in [0.3, 0.4) is 0 Å². The van der Waals surface area contributed by atoms with E-state index in [2.05, 4.69) is 4.57 Å². The summed E-state index contributed by atoms with van der Waals surface area (Å²) >= 11 is 0. The minimum absolute atomic E-state index is 0.00185. The summed E-state index contributed by atoms with van der Waals surface area (Å²) < 4.78 is 17.9. The molecule has 5 rings (SSSR count). The monoisotopic (exact) mass is 419 g/mol. The molecule has 0 aliphatic carbocycles. The molecule has 0 unspecified atom stereocenters. The second-order valence-corrected chi connectivity index (χ2v) is 8.32. The number of hydrogen-bond acceptors (Lipinski definition) is 3. The van der Waals surface area contributed by atoms with Crippen LogP contribution in [0, 0.1) is 12.7 Å². The van der Waals surface area contributed by atoms with Crippen LogP contribution in [0.25, 0.3) is 27.9 Å². The number of aromatic nitrogens is 3. The maximum atomic E-state index is 13.8. The highest BCUT2D eigenvalue weighted by Gasteiger charge is 2.23. The maximum Gasteiger partial charge on any atom is 0.254 e. The predicted octanol–water partition coefficient (Wildman–Crippen LogP) is 3.99. The van der Waals surface area contributed by atoms with E-state index in [1.807, 2.05) is 47.5 Å². The SMILES string of the molecule is CCn1c(-c2nc3cc(C(=O)N4CCC[C@@H](N)C4)ccn3c2C)cc2ccc(F)cc21. The first-order valence-electron chi connectivity index (χ1n) is 10.8. The number of aryl methyl sites for hydroxylation is 2. The number of benzene rings is 1. The van der Waals surface area contributed by atoms with E-state index in [4.69, 9.17) is 10.7 Å². The first kappa shape index (κ1) is 19.8. The minimum Gasteiger partial charge on any atom is -0.339 e. The lowest BCUT2D eigenvalue weighted by molar-refractivity contribution is 0.0709. The third-order valence-corrected chi connectivity index (χ3v) is 6.28. The lowest BCUT2D eigenvalue weighted by atomic mass is 10.1. The summed E-state index contributed by atoms with van der Waals surface area (Å²) in [7, 11) is 0. The number of likely N-dealkylation sites (tertiary alicyclic amines) is 1. The van der Waals surface area contributed by atoms with E-state index >= 15 is 0 Å². The fourth-order valence-corrected chi connectivity index (χ4v) is 4.68. The van der Waals surface area contributed by atoms with Gasteiger partial charge in [-0.25, -0.2) is 9.37 Å². The molecule has 4 aromatic rings. The van der Waals surface area contributed by atoms with Gasteiger partial charge in [0.05, 0.1) is 11.2 Å². The zero-order chi connectivity index (χ0) is 21.7. The van der Waals surface area contributed by atoms with Crippen molar-refractivity contribution in [1.29, 1.82) is 0 Å². The van der Waals surface area contributed by atoms with E-state index in [1.165, 1.54) is 6.07 Å². The van der Waals surface area contributed by atoms with Crippen molar-refractivity contribution in [3.63, 3.8) is 0 Å². The highest BCUT2D eigenvalue weighted by Crippen LogP contribution is 2.31. The Bertz CT molecular complexity index is 1300. The topological polar surface area (TPSA) is 68.6 Å². The molecular weight excluding hydrogens is 393 g/mol. The molecule has 1 aromatic carbocycles. The van der Waals surface area contributed by atoms with Crippen LogP contribution >= 0.6 is 0 Å². The molecule has 1 aliphatic rings. The highest BCUT2D eigenvalue weighted by molar-refractivity contribution is 5.95. The quantitative estimate of drug-likeness (QED) is 0.546. The van der Waals surface area contributed by atoms with Crippen LogP contribution in [0.5, 0.6) is 0 Å². The molecular formula is C24H26FN5O. The van der Waals surface area contributed by atoms with Crippen molar-refractivity contribution in [3.05, 3.63) is 59.7 Å². The standard InChI is InChI=1S/C24H26FN5O/c1-3-29-20-13-18(25)7-6-16(20)11-21(29)23-15(2)30-10-8-17(12-22(30)27-23)24(31)28-9-4-5-19(26)14-28/h6-8,10-13,19H,3-5,9,14,26H2,1-2H3/t19-/m1/s1. The van der Waals surface area contributed by atoms with Crippen LogP contribution in [0.4, 0.5) is 4.39 Å². The van der Waals surface area contributed by atoms with E-state index in [-0.39, 0.29) is 17.8 Å². The second kappa shape index (κ2) is 7.50. The molecule has 0 spiro atoms. The van der Waals surface area contributed by atoms with Crippen LogP contribution < -0.4 is 5.73 Å². The number of rotatable bonds is 3. The van der Waals surface area contributed by atoms with Gasteiger partial charge in [0, 0.05) is 48.5 Å². The summed E-state index contributed by atoms with van der Waals surface area (Å²) in [6, 6.07) is 10.6. The summed E-state index contributed by atoms with van der Waals surface area (Å²) in [6.07, 6.45) is 3.79. The molecule has 4 heterocycles. The van der Waals surface area contributed by atoms with E-state index < -0.39 is 0 Å². The number of nitrogens with zero attached hydrogens (tertiary/aromatic N) is 4. The van der Waals surface area contributed by atoms with E-state index in [9.17, 15) is 9.18 Å². The van der Waals surface area contributed by atoms with Crippen molar-refractivity contribution in [1.82, 2.24) is 18.9 Å². The number of pyridine rings is 1. The number of carbonyl (C=O) groups is 1. The highest BCUT2D eigenvalue weighted by atomic mass is 19.1. The average Bonchev–Trinajstić information content (AvgIpc) is 3.29. The molecule has 0 bridgehead atoms. The average molecular weight is 420 g/mol. The smallest absolute Gasteiger partial charge is 0.254 e. The van der Waals surface area contributed by atoms with Crippen molar-refractivity contribution >= 4 is 22.5 Å². The summed E-state index contributed by atoms with van der Waals surface area (Å²) in [5.74, 6) is -0.253. The van der Waals surface area contributed by atoms with Crippen molar-refractivity contribution in [2.75, 3.05) is 13.1 Å². The van der Waals surface area contributed by atoms with Crippen molar-refractivity contribution in [3.8, 4) is 11.4 Å². The Kier molecular flexibility index (Phi) is 4.78. The van der Waals surface area contributed by atoms with Crippen LogP contribution in [0.2, 0.25) is 0 Å². The Morgan fingerprint density at radius 3 is 2.87 bits per heavy atom. The summed E-state index contributed by atoms with van der Waals surface area (Å²) in [5.41, 5.74) is 11.0. The molecule has 1 fully saturated rings. The van der Waals surface area contributed by atoms with Gasteiger partial charge in [0.1, 0.15) is 17.2 Å². The molecule has 1 aliphatic heterocycles. The first-order chi connectivity index (χ1) is 15.0. The number of amides is 1. The number of carbonyl (C=O) groups excluding carboxylic acids is 1. The molecule has 7 heteroatoms. The van der Waals surface area contributed by atoms with Gasteiger partial charge in [0.25, 0.3) is 5.91 Å². The molecule has 1 amide bonds. The van der Waals surface area contributed by atoms with E-state index in [0.29, 0.717) is 18.7 Å². The Morgan fingerprint density at radius 1 is 1.26 bits per heavy atom. The normalized spacial score (nSPS) is 17.0. The fourth-order valence-electron chi connectivity index (χ4n) is 4.68. The Morgan fingerprint density at radius 2 is 2.10 bits per heavy atom. The van der Waals surface area contributed by atoms with Gasteiger partial charge in [0.2, 0.25) is 0 Å². The molecule has 1 saturated heterocycles. The van der Waals surface area contributed by atoms with Crippen molar-refractivity contribution in [2.45, 2.75) is 39.3 Å². The molecule has 1 atom stereocenters. The Hall–Kier alpha value is -3.19. The summed E-state index contributed by atoms with van der Waals surface area (Å²) in [4.78, 5) is 19.7. The maximum absolute atomic E-state index is 13.8. The molecule has 0 saturated carbocycles. The van der Waals surface area contributed by atoms with Gasteiger partial charge >= 0.3 is 0 Å². The minimum atomic E-state index is -0.251. The molecule has 6 nitrogen and oxygen atoms in total. The van der Waals surface area contributed by atoms with Gasteiger partial charge in [-0.3, -0.25) is 4.79 Å². The largest absolute Gasteiger partial charge is 0.339 e. The molecule has 3 aromatic heterocycles. The van der Waals surface area contributed by atoms with Crippen LogP contribution in [0.15, 0.2) is 42.6 Å². The lowest BCUT2D eigenvalue weighted by Crippen LogP contribution is -2.45. The lowest BCUT2D eigenvalue weighted by Gasteiger charge is -2.30. The zero-order valence-electron chi connectivity index (χ0n) is 17.8. The van der Waals surface area contributed by atoms with Crippen LogP contribution in [-0.2, 0) is 6.54 Å². The fraction of sp³-hybridized carbons (Fsp3) is 0.333. The first-order valence-corrected chi connectivity index (χ1v) is 10.8. The van der Waals surface area contributed by atoms with Gasteiger partial charge in [-0.05, 0) is 63.1 Å². The van der Waals surface area contributed by atoms with Gasteiger partial charge in [0.15, 0.2) is 0 Å². The van der Waals surface area contributed by atoms with E-state index in [1.54, 1.807) is 12.1 Å². The number of nitrogens with two attached hydrogens (primary N) is 1. The van der Waals surface area contributed by atoms with Gasteiger partial charge in [-0.1, -0.05) is 0 Å². The van der Waals surface area contributed by atoms with Crippen molar-refractivity contribution in [2.24, 2.45) is 5.73 Å². The third kappa shape index (κ3) is 3.29. The Balaban J connectivity index is 1.58. The molecule has 160 valence electrons. The third-order valence-electron chi connectivity index (χ3n) is 6.28. The van der Waals surface area contributed by atoms with E-state index in [0.717, 1.165) is 53.0 Å². The molecule has 0 radical (unpaired) electrons. The Labute approximate surface area is 180 Å².